The average Bonchev–Trinajstić information content (AvgIpc) is 3.45. The molecule has 0 bridgehead atoms. The number of hydrogen-bond acceptors (Lipinski definition) is 5. The number of carbonyl (C=O) groups excluding carboxylic acids is 1. The Kier molecular flexibility index (Phi) is 4.41. The number of aromatic hydroxyl groups is 1. The van der Waals surface area contributed by atoms with E-state index < -0.39 is 17.7 Å². The highest BCUT2D eigenvalue weighted by molar-refractivity contribution is 5.95. The fourth-order valence-electron chi connectivity index (χ4n) is 2.27. The van der Waals surface area contributed by atoms with Gasteiger partial charge in [-0.1, -0.05) is 18.1 Å². The van der Waals surface area contributed by atoms with Crippen molar-refractivity contribution in [2.75, 3.05) is 0 Å². The highest BCUT2D eigenvalue weighted by Gasteiger charge is 2.65. The third-order valence-electron chi connectivity index (χ3n) is 3.81. The van der Waals surface area contributed by atoms with Crippen LogP contribution in [-0.4, -0.2) is 23.4 Å². The van der Waals surface area contributed by atoms with E-state index in [0.29, 0.717) is 11.1 Å². The summed E-state index contributed by atoms with van der Waals surface area (Å²) >= 11 is 0. The van der Waals surface area contributed by atoms with Crippen LogP contribution in [0.5, 0.6) is 5.75 Å². The molecule has 0 aromatic heterocycles. The standard InChI is InChI=1S/C18H11F3N4O2/c1-2-11-3-8-15(26)13(9-11)10-22-23-16(27)12-4-6-14(7-5-12)17(24-25-17)18(19,20)21/h1,3-10,26H,(H,23,27)/b22-10+. The van der Waals surface area contributed by atoms with Gasteiger partial charge >= 0.3 is 11.8 Å². The van der Waals surface area contributed by atoms with Gasteiger partial charge in [0.1, 0.15) is 5.75 Å². The lowest BCUT2D eigenvalue weighted by molar-refractivity contribution is -0.166. The largest absolute Gasteiger partial charge is 0.507 e. The zero-order valence-corrected chi connectivity index (χ0v) is 13.5. The van der Waals surface area contributed by atoms with Crippen molar-refractivity contribution in [3.05, 3.63) is 64.7 Å². The normalized spacial score (nSPS) is 14.7. The Bertz CT molecular complexity index is 983. The van der Waals surface area contributed by atoms with E-state index in [-0.39, 0.29) is 16.9 Å². The molecule has 0 unspecified atom stereocenters. The van der Waals surface area contributed by atoms with Crippen LogP contribution < -0.4 is 5.43 Å². The number of rotatable bonds is 4. The highest BCUT2D eigenvalue weighted by Crippen LogP contribution is 2.52. The Morgan fingerprint density at radius 2 is 1.89 bits per heavy atom. The van der Waals surface area contributed by atoms with Gasteiger partial charge in [0.15, 0.2) is 0 Å². The van der Waals surface area contributed by atoms with Crippen LogP contribution in [-0.2, 0) is 5.66 Å². The number of alkyl halides is 3. The molecule has 6 nitrogen and oxygen atoms in total. The third kappa shape index (κ3) is 3.50. The summed E-state index contributed by atoms with van der Waals surface area (Å²) in [7, 11) is 0. The van der Waals surface area contributed by atoms with Crippen LogP contribution in [0, 0.1) is 12.3 Å². The molecule has 1 aliphatic heterocycles. The predicted octanol–water partition coefficient (Wildman–Crippen LogP) is 3.32. The van der Waals surface area contributed by atoms with Crippen molar-refractivity contribution < 1.29 is 23.1 Å². The minimum atomic E-state index is -4.63. The van der Waals surface area contributed by atoms with E-state index in [0.717, 1.165) is 12.1 Å². The third-order valence-corrected chi connectivity index (χ3v) is 3.81. The van der Waals surface area contributed by atoms with E-state index in [1.54, 1.807) is 6.07 Å². The quantitative estimate of drug-likeness (QED) is 0.490. The van der Waals surface area contributed by atoms with Gasteiger partial charge in [-0.3, -0.25) is 4.79 Å². The molecular weight excluding hydrogens is 361 g/mol. The first-order chi connectivity index (χ1) is 12.8. The van der Waals surface area contributed by atoms with Gasteiger partial charge in [0, 0.05) is 22.3 Å². The monoisotopic (exact) mass is 372 g/mol. The summed E-state index contributed by atoms with van der Waals surface area (Å²) in [6, 6.07) is 9.13. The number of benzene rings is 2. The predicted molar refractivity (Wildman–Crippen MR) is 90.1 cm³/mol. The molecule has 9 heteroatoms. The molecule has 0 saturated heterocycles. The molecule has 2 aromatic rings. The molecule has 136 valence electrons. The van der Waals surface area contributed by atoms with E-state index in [4.69, 9.17) is 6.42 Å². The van der Waals surface area contributed by atoms with E-state index in [1.807, 2.05) is 0 Å². The van der Waals surface area contributed by atoms with Gasteiger partial charge in [-0.15, -0.1) is 16.7 Å². The number of carbonyl (C=O) groups is 1. The molecule has 0 fully saturated rings. The molecular formula is C18H11F3N4O2. The minimum absolute atomic E-state index is 0.0780. The average molecular weight is 372 g/mol. The molecule has 0 saturated carbocycles. The number of halogens is 3. The number of phenolic OH excluding ortho intramolecular Hbond substituents is 1. The van der Waals surface area contributed by atoms with Crippen LogP contribution in [0.25, 0.3) is 0 Å². The van der Waals surface area contributed by atoms with Crippen molar-refractivity contribution in [3.63, 3.8) is 0 Å². The first-order valence-corrected chi connectivity index (χ1v) is 7.51. The first-order valence-electron chi connectivity index (χ1n) is 7.51. The molecule has 1 amide bonds. The summed E-state index contributed by atoms with van der Waals surface area (Å²) in [4.78, 5) is 12.0. The lowest BCUT2D eigenvalue weighted by atomic mass is 10.0. The number of nitrogens with zero attached hydrogens (tertiary/aromatic N) is 3. The van der Waals surface area contributed by atoms with Crippen LogP contribution in [0.15, 0.2) is 57.8 Å². The summed E-state index contributed by atoms with van der Waals surface area (Å²) in [6.07, 6.45) is 1.83. The van der Waals surface area contributed by atoms with Gasteiger partial charge in [-0.25, -0.2) is 5.43 Å². The maximum absolute atomic E-state index is 12.9. The molecule has 1 aliphatic rings. The summed E-state index contributed by atoms with van der Waals surface area (Å²) in [6.45, 7) is 0. The van der Waals surface area contributed by atoms with Gasteiger partial charge in [-0.2, -0.15) is 18.3 Å². The van der Waals surface area contributed by atoms with E-state index in [2.05, 4.69) is 26.7 Å². The molecule has 0 aliphatic carbocycles. The lowest BCUT2D eigenvalue weighted by Gasteiger charge is -2.14. The topological polar surface area (TPSA) is 86.4 Å². The maximum atomic E-state index is 12.9. The van der Waals surface area contributed by atoms with Gasteiger partial charge in [-0.05, 0) is 30.3 Å². The molecule has 3 rings (SSSR count). The van der Waals surface area contributed by atoms with Gasteiger partial charge in [0.25, 0.3) is 5.91 Å². The van der Waals surface area contributed by atoms with Gasteiger partial charge in [0.2, 0.25) is 0 Å². The Labute approximate surface area is 151 Å². The van der Waals surface area contributed by atoms with Crippen molar-refractivity contribution >= 4 is 12.1 Å². The van der Waals surface area contributed by atoms with Crippen LogP contribution in [0.4, 0.5) is 13.2 Å². The van der Waals surface area contributed by atoms with Crippen molar-refractivity contribution in [2.45, 2.75) is 11.8 Å². The maximum Gasteiger partial charge on any atom is 0.442 e. The van der Waals surface area contributed by atoms with E-state index >= 15 is 0 Å². The second kappa shape index (κ2) is 6.57. The zero-order valence-electron chi connectivity index (χ0n) is 13.5. The number of hydrazone groups is 1. The molecule has 0 atom stereocenters. The summed E-state index contributed by atoms with van der Waals surface area (Å²) in [5, 5.41) is 19.6. The number of phenols is 1. The minimum Gasteiger partial charge on any atom is -0.507 e. The van der Waals surface area contributed by atoms with Crippen LogP contribution >= 0.6 is 0 Å². The van der Waals surface area contributed by atoms with Crippen molar-refractivity contribution in [1.82, 2.24) is 5.43 Å². The SMILES string of the molecule is C#Cc1ccc(O)c(/C=N/NC(=O)c2ccc(C3(C(F)(F)F)N=N3)cc2)c1. The zero-order chi connectivity index (χ0) is 19.7. The van der Waals surface area contributed by atoms with Crippen molar-refractivity contribution in [2.24, 2.45) is 15.3 Å². The lowest BCUT2D eigenvalue weighted by Crippen LogP contribution is -2.30. The van der Waals surface area contributed by atoms with Crippen molar-refractivity contribution in [1.29, 1.82) is 0 Å². The molecule has 27 heavy (non-hydrogen) atoms. The highest BCUT2D eigenvalue weighted by atomic mass is 19.4. The van der Waals surface area contributed by atoms with Crippen LogP contribution in [0.3, 0.4) is 0 Å². The Morgan fingerprint density at radius 1 is 1.22 bits per heavy atom. The van der Waals surface area contributed by atoms with E-state index in [1.165, 1.54) is 30.5 Å². The van der Waals surface area contributed by atoms with Gasteiger partial charge < -0.3 is 5.11 Å². The van der Waals surface area contributed by atoms with E-state index in [9.17, 15) is 23.1 Å². The molecule has 1 heterocycles. The fourth-order valence-corrected chi connectivity index (χ4v) is 2.27. The first kappa shape index (κ1) is 18.1. The fraction of sp³-hybridized carbons (Fsp3) is 0.111. The Morgan fingerprint density at radius 3 is 2.44 bits per heavy atom. The van der Waals surface area contributed by atoms with Crippen molar-refractivity contribution in [3.8, 4) is 18.1 Å². The Hall–Kier alpha value is -3.67. The molecule has 0 spiro atoms. The second-order valence-corrected chi connectivity index (χ2v) is 5.56. The smallest absolute Gasteiger partial charge is 0.442 e. The number of amides is 1. The van der Waals surface area contributed by atoms with Crippen LogP contribution in [0.1, 0.15) is 27.0 Å². The number of nitrogens with one attached hydrogen (secondary N) is 1. The van der Waals surface area contributed by atoms with Gasteiger partial charge in [0.05, 0.1) is 6.21 Å². The summed E-state index contributed by atoms with van der Waals surface area (Å²) in [5.74, 6) is 1.68. The second-order valence-electron chi connectivity index (χ2n) is 5.56. The summed E-state index contributed by atoms with van der Waals surface area (Å²) in [5.41, 5.74) is 0.420. The molecule has 0 radical (unpaired) electrons. The van der Waals surface area contributed by atoms with Crippen LogP contribution in [0.2, 0.25) is 0 Å². The number of hydrogen-bond donors (Lipinski definition) is 2. The Balaban J connectivity index is 1.68. The molecule has 2 N–H and O–H groups in total. The number of terminal acetylenes is 1. The molecule has 2 aromatic carbocycles. The summed E-state index contributed by atoms with van der Waals surface area (Å²) < 4.78 is 38.8.